The average molecular weight is 354 g/mol. The Kier molecular flexibility index (Phi) is 8.83. The van der Waals surface area contributed by atoms with Crippen LogP contribution in [0.4, 0.5) is 4.79 Å². The van der Waals surface area contributed by atoms with Crippen molar-refractivity contribution in [2.45, 2.75) is 64.9 Å². The predicted molar refractivity (Wildman–Crippen MR) is 97.5 cm³/mol. The van der Waals surface area contributed by atoms with Crippen LogP contribution in [0.1, 0.15) is 58.4 Å². The summed E-state index contributed by atoms with van der Waals surface area (Å²) in [5.41, 5.74) is 0.681. The molecule has 0 aliphatic carbocycles. The SMILES string of the molecule is CC(C)(C)OC(=O)NCCCCC(=O)CCCc1cccc(Cl)c1. The first kappa shape index (κ1) is 20.5. The number of aryl methyl sites for hydroxylation is 1. The Morgan fingerprint density at radius 3 is 2.50 bits per heavy atom. The quantitative estimate of drug-likeness (QED) is 0.640. The maximum absolute atomic E-state index is 11.8. The Hall–Kier alpha value is -1.55. The van der Waals surface area contributed by atoms with Gasteiger partial charge >= 0.3 is 6.09 Å². The van der Waals surface area contributed by atoms with Crippen molar-refractivity contribution in [3.8, 4) is 0 Å². The number of carbonyl (C=O) groups is 2. The zero-order valence-electron chi connectivity index (χ0n) is 14.9. The molecule has 0 saturated carbocycles. The van der Waals surface area contributed by atoms with Crippen LogP contribution in [0.2, 0.25) is 5.02 Å². The summed E-state index contributed by atoms with van der Waals surface area (Å²) in [6.07, 6.45) is 4.01. The van der Waals surface area contributed by atoms with E-state index in [4.69, 9.17) is 16.3 Å². The zero-order valence-corrected chi connectivity index (χ0v) is 15.6. The van der Waals surface area contributed by atoms with Gasteiger partial charge in [-0.2, -0.15) is 0 Å². The molecule has 1 aromatic carbocycles. The maximum Gasteiger partial charge on any atom is 0.407 e. The molecule has 0 aliphatic heterocycles. The summed E-state index contributed by atoms with van der Waals surface area (Å²) < 4.78 is 5.14. The summed E-state index contributed by atoms with van der Waals surface area (Å²) >= 11 is 5.94. The number of carbonyl (C=O) groups excluding carboxylic acids is 2. The molecule has 0 atom stereocenters. The topological polar surface area (TPSA) is 55.4 Å². The lowest BCUT2D eigenvalue weighted by molar-refractivity contribution is -0.119. The highest BCUT2D eigenvalue weighted by Crippen LogP contribution is 2.13. The van der Waals surface area contributed by atoms with E-state index in [9.17, 15) is 9.59 Å². The third kappa shape index (κ3) is 10.3. The normalized spacial score (nSPS) is 11.2. The summed E-state index contributed by atoms with van der Waals surface area (Å²) in [5, 5.41) is 3.43. The Balaban J connectivity index is 2.05. The molecular weight excluding hydrogens is 326 g/mol. The first-order valence-corrected chi connectivity index (χ1v) is 8.87. The molecule has 0 aliphatic rings. The number of halogens is 1. The molecule has 0 bridgehead atoms. The Labute approximate surface area is 149 Å². The monoisotopic (exact) mass is 353 g/mol. The third-order valence-electron chi connectivity index (χ3n) is 3.36. The van der Waals surface area contributed by atoms with E-state index in [0.29, 0.717) is 19.4 Å². The van der Waals surface area contributed by atoms with Crippen LogP contribution in [0.5, 0.6) is 0 Å². The minimum Gasteiger partial charge on any atom is -0.444 e. The summed E-state index contributed by atoms with van der Waals surface area (Å²) in [4.78, 5) is 23.3. The molecule has 5 heteroatoms. The van der Waals surface area contributed by atoms with E-state index < -0.39 is 11.7 Å². The number of unbranched alkanes of at least 4 members (excludes halogenated alkanes) is 1. The maximum atomic E-state index is 11.8. The van der Waals surface area contributed by atoms with Gasteiger partial charge in [0, 0.05) is 24.4 Å². The van der Waals surface area contributed by atoms with Gasteiger partial charge < -0.3 is 10.1 Å². The summed E-state index contributed by atoms with van der Waals surface area (Å²) in [6, 6.07) is 7.74. The molecule has 1 amide bonds. The lowest BCUT2D eigenvalue weighted by Crippen LogP contribution is -2.33. The molecule has 0 radical (unpaired) electrons. The standard InChI is InChI=1S/C19H28ClNO3/c1-19(2,3)24-18(23)21-13-5-4-11-17(22)12-7-9-15-8-6-10-16(20)14-15/h6,8,10,14H,4-5,7,9,11-13H2,1-3H3,(H,21,23). The summed E-state index contributed by atoms with van der Waals surface area (Å²) in [6.45, 7) is 6.02. The van der Waals surface area contributed by atoms with E-state index in [-0.39, 0.29) is 5.78 Å². The minimum atomic E-state index is -0.483. The molecule has 0 aromatic heterocycles. The molecular formula is C19H28ClNO3. The van der Waals surface area contributed by atoms with Crippen LogP contribution in [0.25, 0.3) is 0 Å². The van der Waals surface area contributed by atoms with Crippen LogP contribution >= 0.6 is 11.6 Å². The van der Waals surface area contributed by atoms with Crippen LogP contribution in [0, 0.1) is 0 Å². The first-order chi connectivity index (χ1) is 11.3. The van der Waals surface area contributed by atoms with Crippen molar-refractivity contribution in [1.29, 1.82) is 0 Å². The third-order valence-corrected chi connectivity index (χ3v) is 3.60. The number of hydrogen-bond acceptors (Lipinski definition) is 3. The van der Waals surface area contributed by atoms with Gasteiger partial charge in [-0.15, -0.1) is 0 Å². The average Bonchev–Trinajstić information content (AvgIpc) is 2.45. The number of ketones is 1. The highest BCUT2D eigenvalue weighted by atomic mass is 35.5. The molecule has 24 heavy (non-hydrogen) atoms. The van der Waals surface area contributed by atoms with Gasteiger partial charge in [0.25, 0.3) is 0 Å². The van der Waals surface area contributed by atoms with Crippen molar-refractivity contribution in [3.63, 3.8) is 0 Å². The van der Waals surface area contributed by atoms with Crippen molar-refractivity contribution >= 4 is 23.5 Å². The fourth-order valence-electron chi connectivity index (χ4n) is 2.26. The van der Waals surface area contributed by atoms with Crippen molar-refractivity contribution in [2.24, 2.45) is 0 Å². The van der Waals surface area contributed by atoms with Gasteiger partial charge in [-0.1, -0.05) is 23.7 Å². The van der Waals surface area contributed by atoms with Gasteiger partial charge in [-0.3, -0.25) is 4.79 Å². The van der Waals surface area contributed by atoms with Crippen LogP contribution in [0.15, 0.2) is 24.3 Å². The van der Waals surface area contributed by atoms with Crippen LogP contribution in [0.3, 0.4) is 0 Å². The molecule has 0 heterocycles. The van der Waals surface area contributed by atoms with E-state index in [2.05, 4.69) is 5.32 Å². The molecule has 0 saturated heterocycles. The number of nitrogens with one attached hydrogen (secondary N) is 1. The molecule has 0 fully saturated rings. The zero-order chi connectivity index (χ0) is 18.0. The van der Waals surface area contributed by atoms with E-state index in [1.54, 1.807) is 0 Å². The van der Waals surface area contributed by atoms with Crippen molar-refractivity contribution in [3.05, 3.63) is 34.9 Å². The van der Waals surface area contributed by atoms with E-state index in [0.717, 1.165) is 36.3 Å². The molecule has 4 nitrogen and oxygen atoms in total. The van der Waals surface area contributed by atoms with Crippen molar-refractivity contribution < 1.29 is 14.3 Å². The minimum absolute atomic E-state index is 0.272. The molecule has 0 unspecified atom stereocenters. The molecule has 1 rings (SSSR count). The first-order valence-electron chi connectivity index (χ1n) is 8.49. The van der Waals surface area contributed by atoms with E-state index in [1.807, 2.05) is 45.0 Å². The lowest BCUT2D eigenvalue weighted by atomic mass is 10.0. The number of hydrogen-bond donors (Lipinski definition) is 1. The fraction of sp³-hybridized carbons (Fsp3) is 0.579. The molecule has 1 aromatic rings. The highest BCUT2D eigenvalue weighted by Gasteiger charge is 2.15. The van der Waals surface area contributed by atoms with Gasteiger partial charge in [-0.05, 0) is 64.2 Å². The van der Waals surface area contributed by atoms with Gasteiger partial charge in [0.05, 0.1) is 0 Å². The number of ether oxygens (including phenoxy) is 1. The second-order valence-electron chi connectivity index (χ2n) is 6.91. The van der Waals surface area contributed by atoms with Crippen molar-refractivity contribution in [2.75, 3.05) is 6.54 Å². The van der Waals surface area contributed by atoms with Gasteiger partial charge in [0.15, 0.2) is 0 Å². The van der Waals surface area contributed by atoms with Gasteiger partial charge in [0.1, 0.15) is 11.4 Å². The van der Waals surface area contributed by atoms with Gasteiger partial charge in [-0.25, -0.2) is 4.79 Å². The lowest BCUT2D eigenvalue weighted by Gasteiger charge is -2.19. The van der Waals surface area contributed by atoms with E-state index >= 15 is 0 Å². The fourth-order valence-corrected chi connectivity index (χ4v) is 2.47. The second-order valence-corrected chi connectivity index (χ2v) is 7.34. The largest absolute Gasteiger partial charge is 0.444 e. The smallest absolute Gasteiger partial charge is 0.407 e. The van der Waals surface area contributed by atoms with Crippen LogP contribution < -0.4 is 5.32 Å². The Morgan fingerprint density at radius 1 is 1.12 bits per heavy atom. The number of rotatable bonds is 9. The van der Waals surface area contributed by atoms with Crippen LogP contribution in [-0.2, 0) is 16.0 Å². The molecule has 134 valence electrons. The Morgan fingerprint density at radius 2 is 1.83 bits per heavy atom. The molecule has 0 spiro atoms. The molecule has 1 N–H and O–H groups in total. The van der Waals surface area contributed by atoms with Crippen molar-refractivity contribution in [1.82, 2.24) is 5.32 Å². The Bertz CT molecular complexity index is 538. The van der Waals surface area contributed by atoms with Gasteiger partial charge in [0.2, 0.25) is 0 Å². The number of amides is 1. The summed E-state index contributed by atoms with van der Waals surface area (Å²) in [5.74, 6) is 0.272. The summed E-state index contributed by atoms with van der Waals surface area (Å²) in [7, 11) is 0. The second kappa shape index (κ2) is 10.3. The number of Topliss-reactive ketones (excluding diaryl/α,β-unsaturated/α-hetero) is 1. The van der Waals surface area contributed by atoms with Crippen LogP contribution in [-0.4, -0.2) is 24.0 Å². The van der Waals surface area contributed by atoms with E-state index in [1.165, 1.54) is 0 Å². The number of benzene rings is 1. The number of alkyl carbamates (subject to hydrolysis) is 1. The predicted octanol–water partition coefficient (Wildman–Crippen LogP) is 4.93. The highest BCUT2D eigenvalue weighted by molar-refractivity contribution is 6.30.